The Kier molecular flexibility index (Phi) is 5.65. The predicted octanol–water partition coefficient (Wildman–Crippen LogP) is 1.72. The Bertz CT molecular complexity index is 708. The van der Waals surface area contributed by atoms with Crippen molar-refractivity contribution in [2.45, 2.75) is 18.6 Å². The van der Waals surface area contributed by atoms with Crippen molar-refractivity contribution in [3.05, 3.63) is 54.6 Å². The summed E-state index contributed by atoms with van der Waals surface area (Å²) in [6.07, 6.45) is 0.250. The van der Waals surface area contributed by atoms with Crippen molar-refractivity contribution in [3.8, 4) is 16.9 Å². The lowest BCUT2D eigenvalue weighted by Crippen LogP contribution is -2.47. The van der Waals surface area contributed by atoms with Crippen LogP contribution in [-0.2, 0) is 4.79 Å². The highest BCUT2D eigenvalue weighted by molar-refractivity contribution is 5.74. The van der Waals surface area contributed by atoms with Gasteiger partial charge in [-0.3, -0.25) is 10.2 Å². The maximum Gasteiger partial charge on any atom is 0.322 e. The molecule has 0 radical (unpaired) electrons. The van der Waals surface area contributed by atoms with Gasteiger partial charge < -0.3 is 15.6 Å². The number of nitrogens with two attached hydrogens (primary N) is 1. The van der Waals surface area contributed by atoms with Crippen molar-refractivity contribution in [1.29, 1.82) is 0 Å². The number of carbonyl (C=O) groups is 1. The van der Waals surface area contributed by atoms with E-state index in [1.807, 2.05) is 54.6 Å². The fraction of sp³-hybridized carbons (Fsp3) is 0.316. The monoisotopic (exact) mass is 341 g/mol. The van der Waals surface area contributed by atoms with E-state index < -0.39 is 12.0 Å². The van der Waals surface area contributed by atoms with Gasteiger partial charge in [0.15, 0.2) is 0 Å². The Morgan fingerprint density at radius 2 is 1.96 bits per heavy atom. The number of benzene rings is 2. The smallest absolute Gasteiger partial charge is 0.322 e. The Balaban J connectivity index is 1.69. The summed E-state index contributed by atoms with van der Waals surface area (Å²) in [4.78, 5) is 11.4. The van der Waals surface area contributed by atoms with E-state index in [0.29, 0.717) is 26.1 Å². The van der Waals surface area contributed by atoms with Crippen molar-refractivity contribution in [2.75, 3.05) is 19.6 Å². The third kappa shape index (κ3) is 4.36. The first-order chi connectivity index (χ1) is 12.2. The van der Waals surface area contributed by atoms with E-state index in [4.69, 9.17) is 10.5 Å². The standard InChI is InChI=1S/C19H23N3O3/c20-9-10-21-22-13-17(12-18(22)19(23)24)25-16-8-4-7-15(11-16)14-5-2-1-3-6-14/h1-8,11,17-18,21H,9-10,12-13,20H2,(H,23,24)/t17-,18+/m1/s1. The molecule has 132 valence electrons. The van der Waals surface area contributed by atoms with Gasteiger partial charge in [-0.15, -0.1) is 0 Å². The number of hydrogen-bond donors (Lipinski definition) is 3. The molecule has 1 aliphatic heterocycles. The first kappa shape index (κ1) is 17.4. The van der Waals surface area contributed by atoms with Gasteiger partial charge in [-0.2, -0.15) is 0 Å². The van der Waals surface area contributed by atoms with Crippen LogP contribution in [0.4, 0.5) is 0 Å². The molecule has 2 aromatic rings. The SMILES string of the molecule is NCCNN1C[C@H](Oc2cccc(-c3ccccc3)c2)C[C@H]1C(=O)O. The van der Waals surface area contributed by atoms with E-state index in [1.165, 1.54) is 0 Å². The minimum absolute atomic E-state index is 0.183. The zero-order valence-electron chi connectivity index (χ0n) is 14.0. The maximum absolute atomic E-state index is 11.4. The zero-order valence-corrected chi connectivity index (χ0v) is 14.0. The Hall–Kier alpha value is -2.41. The van der Waals surface area contributed by atoms with Crippen LogP contribution in [0, 0.1) is 0 Å². The van der Waals surface area contributed by atoms with Crippen LogP contribution >= 0.6 is 0 Å². The van der Waals surface area contributed by atoms with Crippen LogP contribution in [-0.4, -0.2) is 47.9 Å². The second-order valence-corrected chi connectivity index (χ2v) is 6.07. The molecule has 6 nitrogen and oxygen atoms in total. The second-order valence-electron chi connectivity index (χ2n) is 6.07. The van der Waals surface area contributed by atoms with Crippen molar-refractivity contribution in [3.63, 3.8) is 0 Å². The Labute approximate surface area is 147 Å². The number of carboxylic acids is 1. The number of carboxylic acid groups (broad SMARTS) is 1. The largest absolute Gasteiger partial charge is 0.489 e. The second kappa shape index (κ2) is 8.11. The number of ether oxygens (including phenoxy) is 1. The molecule has 0 unspecified atom stereocenters. The summed E-state index contributed by atoms with van der Waals surface area (Å²) in [6, 6.07) is 17.3. The summed E-state index contributed by atoms with van der Waals surface area (Å²) >= 11 is 0. The van der Waals surface area contributed by atoms with Gasteiger partial charge in [0.05, 0.1) is 6.54 Å². The molecule has 1 aliphatic rings. The lowest BCUT2D eigenvalue weighted by atomic mass is 10.1. The van der Waals surface area contributed by atoms with E-state index in [9.17, 15) is 9.90 Å². The predicted molar refractivity (Wildman–Crippen MR) is 96.1 cm³/mol. The molecule has 0 aliphatic carbocycles. The highest BCUT2D eigenvalue weighted by Crippen LogP contribution is 2.26. The molecule has 1 saturated heterocycles. The van der Waals surface area contributed by atoms with Gasteiger partial charge in [0, 0.05) is 19.5 Å². The average molecular weight is 341 g/mol. The van der Waals surface area contributed by atoms with Crippen LogP contribution in [0.3, 0.4) is 0 Å². The van der Waals surface area contributed by atoms with E-state index in [2.05, 4.69) is 5.43 Å². The molecule has 1 fully saturated rings. The van der Waals surface area contributed by atoms with Crippen molar-refractivity contribution in [1.82, 2.24) is 10.4 Å². The van der Waals surface area contributed by atoms with Crippen LogP contribution in [0.1, 0.15) is 6.42 Å². The lowest BCUT2D eigenvalue weighted by molar-refractivity contribution is -0.143. The molecule has 0 bridgehead atoms. The van der Waals surface area contributed by atoms with Crippen LogP contribution in [0.2, 0.25) is 0 Å². The lowest BCUT2D eigenvalue weighted by Gasteiger charge is -2.21. The summed E-state index contributed by atoms with van der Waals surface area (Å²) < 4.78 is 6.05. The van der Waals surface area contributed by atoms with Gasteiger partial charge in [-0.25, -0.2) is 5.01 Å². The zero-order chi connectivity index (χ0) is 17.6. The van der Waals surface area contributed by atoms with Gasteiger partial charge in [-0.05, 0) is 23.3 Å². The van der Waals surface area contributed by atoms with Crippen LogP contribution in [0.25, 0.3) is 11.1 Å². The van der Waals surface area contributed by atoms with E-state index in [0.717, 1.165) is 16.9 Å². The molecule has 0 aromatic heterocycles. The molecule has 4 N–H and O–H groups in total. The highest BCUT2D eigenvalue weighted by Gasteiger charge is 2.38. The molecule has 6 heteroatoms. The molecule has 1 heterocycles. The van der Waals surface area contributed by atoms with Crippen LogP contribution in [0.5, 0.6) is 5.75 Å². The summed E-state index contributed by atoms with van der Waals surface area (Å²) in [5.41, 5.74) is 10.7. The molecule has 3 rings (SSSR count). The topological polar surface area (TPSA) is 87.8 Å². The Morgan fingerprint density at radius 3 is 2.68 bits per heavy atom. The van der Waals surface area contributed by atoms with Crippen molar-refractivity contribution < 1.29 is 14.6 Å². The number of hydrogen-bond acceptors (Lipinski definition) is 5. The molecular weight excluding hydrogens is 318 g/mol. The van der Waals surface area contributed by atoms with E-state index >= 15 is 0 Å². The fourth-order valence-electron chi connectivity index (χ4n) is 3.07. The molecule has 0 saturated carbocycles. The third-order valence-corrected chi connectivity index (χ3v) is 4.25. The normalized spacial score (nSPS) is 20.5. The minimum Gasteiger partial charge on any atom is -0.489 e. The maximum atomic E-state index is 11.4. The molecule has 25 heavy (non-hydrogen) atoms. The highest BCUT2D eigenvalue weighted by atomic mass is 16.5. The third-order valence-electron chi connectivity index (χ3n) is 4.25. The van der Waals surface area contributed by atoms with Crippen molar-refractivity contribution in [2.24, 2.45) is 5.73 Å². The van der Waals surface area contributed by atoms with Crippen molar-refractivity contribution >= 4 is 5.97 Å². The first-order valence-corrected chi connectivity index (χ1v) is 8.42. The first-order valence-electron chi connectivity index (χ1n) is 8.42. The van der Waals surface area contributed by atoms with Gasteiger partial charge in [0.25, 0.3) is 0 Å². The van der Waals surface area contributed by atoms with Gasteiger partial charge in [-0.1, -0.05) is 42.5 Å². The van der Waals surface area contributed by atoms with Crippen LogP contribution < -0.4 is 15.9 Å². The summed E-state index contributed by atoms with van der Waals surface area (Å²) in [5, 5.41) is 11.1. The molecule has 2 atom stereocenters. The molecule has 2 aromatic carbocycles. The summed E-state index contributed by atoms with van der Waals surface area (Å²) in [7, 11) is 0. The summed E-state index contributed by atoms with van der Waals surface area (Å²) in [5.74, 6) is -0.107. The van der Waals surface area contributed by atoms with Gasteiger partial charge in [0.1, 0.15) is 17.9 Å². The summed E-state index contributed by atoms with van der Waals surface area (Å²) in [6.45, 7) is 1.50. The fourth-order valence-corrected chi connectivity index (χ4v) is 3.07. The van der Waals surface area contributed by atoms with Gasteiger partial charge >= 0.3 is 5.97 Å². The number of nitrogens with one attached hydrogen (secondary N) is 1. The van der Waals surface area contributed by atoms with Gasteiger partial charge in [0.2, 0.25) is 0 Å². The number of rotatable bonds is 7. The Morgan fingerprint density at radius 1 is 1.20 bits per heavy atom. The van der Waals surface area contributed by atoms with E-state index in [-0.39, 0.29) is 6.10 Å². The number of hydrazine groups is 1. The average Bonchev–Trinajstić information content (AvgIpc) is 3.04. The minimum atomic E-state index is -0.853. The van der Waals surface area contributed by atoms with Crippen LogP contribution in [0.15, 0.2) is 54.6 Å². The molecule has 0 spiro atoms. The number of aliphatic carboxylic acids is 1. The molecular formula is C19H23N3O3. The van der Waals surface area contributed by atoms with E-state index in [1.54, 1.807) is 5.01 Å². The molecule has 0 amide bonds. The quantitative estimate of drug-likeness (QED) is 0.711. The number of nitrogens with zero attached hydrogens (tertiary/aromatic N) is 1.